The van der Waals surface area contributed by atoms with E-state index in [0.29, 0.717) is 129 Å². The van der Waals surface area contributed by atoms with E-state index in [2.05, 4.69) is 43.6 Å². The zero-order valence-electron chi connectivity index (χ0n) is 43.0. The number of azo groups is 1. The van der Waals surface area contributed by atoms with Gasteiger partial charge in [-0.2, -0.15) is 10.2 Å². The fraction of sp³-hybridized carbons (Fsp3) is 0.491. The Kier molecular flexibility index (Phi) is 29.2. The molecule has 0 fully saturated rings. The Morgan fingerprint density at radius 2 is 1.03 bits per heavy atom. The zero-order valence-corrected chi connectivity index (χ0v) is 43.0. The van der Waals surface area contributed by atoms with E-state index < -0.39 is 18.0 Å². The highest BCUT2D eigenvalue weighted by atomic mass is 16.6. The van der Waals surface area contributed by atoms with Crippen LogP contribution < -0.4 is 21.3 Å². The van der Waals surface area contributed by atoms with E-state index in [1.165, 1.54) is 0 Å². The van der Waals surface area contributed by atoms with Crippen LogP contribution in [0.5, 0.6) is 0 Å². The highest BCUT2D eigenvalue weighted by Crippen LogP contribution is 2.44. The number of fused-ring (bicyclic) bond motifs is 3. The minimum absolute atomic E-state index is 0.0569. The minimum atomic E-state index is -0.937. The van der Waals surface area contributed by atoms with Crippen LogP contribution in [0.25, 0.3) is 11.1 Å². The molecule has 0 aromatic heterocycles. The van der Waals surface area contributed by atoms with Crippen molar-refractivity contribution in [3.05, 3.63) is 119 Å². The number of hydrogen-bond acceptors (Lipinski definition) is 16. The van der Waals surface area contributed by atoms with Gasteiger partial charge < -0.3 is 69.0 Å². The average molecular weight is 1040 g/mol. The van der Waals surface area contributed by atoms with Gasteiger partial charge in [0, 0.05) is 44.6 Å². The molecule has 0 bridgehead atoms. The van der Waals surface area contributed by atoms with Crippen molar-refractivity contribution in [3.8, 4) is 11.1 Å². The van der Waals surface area contributed by atoms with Gasteiger partial charge in [0.25, 0.3) is 5.91 Å². The molecule has 0 unspecified atom stereocenters. The number of methoxy groups -OCH3 is 1. The Balaban J connectivity index is 0.926. The number of carbonyl (C=O) groups excluding carboxylic acids is 4. The lowest BCUT2D eigenvalue weighted by Crippen LogP contribution is -2.48. The van der Waals surface area contributed by atoms with Crippen molar-refractivity contribution in [2.45, 2.75) is 44.2 Å². The molecule has 5 rings (SSSR count). The van der Waals surface area contributed by atoms with Crippen LogP contribution in [0.15, 0.2) is 107 Å². The number of alkyl carbamates (subject to hydrolysis) is 1. The lowest BCUT2D eigenvalue weighted by molar-refractivity contribution is -0.123. The van der Waals surface area contributed by atoms with Crippen molar-refractivity contribution in [1.29, 1.82) is 0 Å². The van der Waals surface area contributed by atoms with Crippen molar-refractivity contribution >= 4 is 35.2 Å². The molecule has 0 saturated carbocycles. The molecule has 4 aromatic carbocycles. The van der Waals surface area contributed by atoms with Gasteiger partial charge in [-0.3, -0.25) is 14.4 Å². The fourth-order valence-electron chi connectivity index (χ4n) is 7.62. The number of amides is 4. The lowest BCUT2D eigenvalue weighted by Gasteiger charge is -2.20. The quantitative estimate of drug-likeness (QED) is 0.0262. The Hall–Kier alpha value is -6.20. The molecular weight excluding hydrogens is 969 g/mol. The first-order valence-corrected chi connectivity index (χ1v) is 25.5. The second-order valence-electron chi connectivity index (χ2n) is 17.0. The first-order valence-electron chi connectivity index (χ1n) is 25.5. The van der Waals surface area contributed by atoms with Gasteiger partial charge in [0.1, 0.15) is 12.6 Å². The second-order valence-corrected chi connectivity index (χ2v) is 17.0. The molecule has 5 N–H and O–H groups in total. The molecular formula is C55H74N6O14. The molecule has 0 aliphatic heterocycles. The second kappa shape index (κ2) is 36.7. The number of aliphatic hydroxyl groups is 1. The first kappa shape index (κ1) is 59.7. The zero-order chi connectivity index (χ0) is 53.0. The van der Waals surface area contributed by atoms with Gasteiger partial charge in [-0.05, 0) is 83.5 Å². The molecule has 408 valence electrons. The fourth-order valence-corrected chi connectivity index (χ4v) is 7.62. The summed E-state index contributed by atoms with van der Waals surface area (Å²) in [5, 5.41) is 28.9. The largest absolute Gasteiger partial charge is 0.449 e. The molecule has 20 nitrogen and oxygen atoms in total. The van der Waals surface area contributed by atoms with Crippen LogP contribution in [0, 0.1) is 0 Å². The maximum absolute atomic E-state index is 13.5. The molecule has 1 atom stereocenters. The van der Waals surface area contributed by atoms with Crippen LogP contribution in [-0.2, 0) is 58.8 Å². The summed E-state index contributed by atoms with van der Waals surface area (Å²) in [5.41, 5.74) is 6.69. The SMILES string of the molecule is COCCOCCOCCOCCOCCOCCOCCOCCC(=O)NCCCC[C@H](NC(=O)OCC1c2ccccc2-c2ccccc21)C(=O)NCCNC(=O)c1ccc(N=Nc2ccc(CO)cc2)cc1. The molecule has 1 aliphatic rings. The summed E-state index contributed by atoms with van der Waals surface area (Å²) in [6.07, 6.45) is 0.787. The van der Waals surface area contributed by atoms with Crippen molar-refractivity contribution in [2.75, 3.05) is 132 Å². The van der Waals surface area contributed by atoms with E-state index in [4.69, 9.17) is 42.6 Å². The molecule has 0 radical (unpaired) electrons. The predicted octanol–water partition coefficient (Wildman–Crippen LogP) is 5.79. The molecule has 0 saturated heterocycles. The topological polar surface area (TPSA) is 244 Å². The number of nitrogens with one attached hydrogen (secondary N) is 4. The highest BCUT2D eigenvalue weighted by molar-refractivity contribution is 5.94. The summed E-state index contributed by atoms with van der Waals surface area (Å²) >= 11 is 0. The van der Waals surface area contributed by atoms with Crippen LogP contribution >= 0.6 is 0 Å². The van der Waals surface area contributed by atoms with Crippen molar-refractivity contribution in [3.63, 3.8) is 0 Å². The molecule has 1 aliphatic carbocycles. The molecule has 4 aromatic rings. The number of nitrogens with zero attached hydrogens (tertiary/aromatic N) is 2. The number of benzene rings is 4. The summed E-state index contributed by atoms with van der Waals surface area (Å²) in [7, 11) is 1.63. The maximum Gasteiger partial charge on any atom is 0.407 e. The number of carbonyl (C=O) groups is 4. The summed E-state index contributed by atoms with van der Waals surface area (Å²) in [6.45, 7) is 7.39. The maximum atomic E-state index is 13.5. The van der Waals surface area contributed by atoms with Crippen LogP contribution in [0.4, 0.5) is 16.2 Å². The third-order valence-corrected chi connectivity index (χ3v) is 11.6. The summed E-state index contributed by atoms with van der Waals surface area (Å²) < 4.78 is 49.0. The molecule has 20 heteroatoms. The van der Waals surface area contributed by atoms with E-state index in [-0.39, 0.29) is 63.5 Å². The van der Waals surface area contributed by atoms with Gasteiger partial charge in [0.2, 0.25) is 11.8 Å². The summed E-state index contributed by atoms with van der Waals surface area (Å²) in [4.78, 5) is 52.2. The first-order chi connectivity index (χ1) is 36.9. The number of hydrogen-bond donors (Lipinski definition) is 5. The van der Waals surface area contributed by atoms with Crippen LogP contribution in [0.3, 0.4) is 0 Å². The Labute approximate surface area is 439 Å². The predicted molar refractivity (Wildman–Crippen MR) is 279 cm³/mol. The van der Waals surface area contributed by atoms with E-state index >= 15 is 0 Å². The van der Waals surface area contributed by atoms with Gasteiger partial charge in [-0.15, -0.1) is 0 Å². The number of ether oxygens (including phenoxy) is 9. The third-order valence-electron chi connectivity index (χ3n) is 11.6. The van der Waals surface area contributed by atoms with Crippen LogP contribution in [0.2, 0.25) is 0 Å². The van der Waals surface area contributed by atoms with E-state index in [0.717, 1.165) is 27.8 Å². The van der Waals surface area contributed by atoms with Crippen molar-refractivity contribution in [2.24, 2.45) is 10.2 Å². The molecule has 4 amide bonds. The minimum Gasteiger partial charge on any atom is -0.449 e. The Bertz CT molecular complexity index is 2240. The number of unbranched alkanes of at least 4 members (excludes halogenated alkanes) is 1. The molecule has 0 spiro atoms. The van der Waals surface area contributed by atoms with Gasteiger partial charge in [0.15, 0.2) is 0 Å². The summed E-state index contributed by atoms with van der Waals surface area (Å²) in [5.74, 6) is -1.10. The Morgan fingerprint density at radius 1 is 0.547 bits per heavy atom. The van der Waals surface area contributed by atoms with Gasteiger partial charge in [-0.25, -0.2) is 4.79 Å². The lowest BCUT2D eigenvalue weighted by atomic mass is 9.98. The Morgan fingerprint density at radius 3 is 1.55 bits per heavy atom. The smallest absolute Gasteiger partial charge is 0.407 e. The number of rotatable bonds is 40. The normalized spacial score (nSPS) is 12.3. The van der Waals surface area contributed by atoms with Gasteiger partial charge in [-0.1, -0.05) is 60.7 Å². The molecule has 75 heavy (non-hydrogen) atoms. The van der Waals surface area contributed by atoms with Crippen molar-refractivity contribution < 1.29 is 66.9 Å². The van der Waals surface area contributed by atoms with E-state index in [1.54, 1.807) is 55.6 Å². The van der Waals surface area contributed by atoms with Gasteiger partial charge in [0.05, 0.1) is 117 Å². The summed E-state index contributed by atoms with van der Waals surface area (Å²) in [6, 6.07) is 28.8. The van der Waals surface area contributed by atoms with Crippen LogP contribution in [0.1, 0.15) is 58.6 Å². The van der Waals surface area contributed by atoms with Crippen molar-refractivity contribution in [1.82, 2.24) is 21.3 Å². The third kappa shape index (κ3) is 23.5. The standard InChI is InChI=1S/C55H74N6O14/c1-67-26-27-69-30-31-71-34-35-73-38-39-74-37-36-72-33-32-70-29-28-68-25-21-52(63)56-22-7-6-12-51(59-55(66)75-41-50-48-10-4-2-8-46(48)47-9-3-5-11-49(47)50)54(65)58-24-23-57-53(64)43-15-19-45(20-16-43)61-60-44-17-13-42(40-62)14-18-44/h2-5,8-11,13-20,50-51,62H,6-7,12,21-41H2,1H3,(H,56,63)(H,57,64)(H,58,65)(H,59,66)/t51-/m0/s1. The van der Waals surface area contributed by atoms with Gasteiger partial charge >= 0.3 is 6.09 Å². The highest BCUT2D eigenvalue weighted by Gasteiger charge is 2.30. The monoisotopic (exact) mass is 1040 g/mol. The number of aliphatic hydroxyl groups excluding tert-OH is 1. The molecule has 0 heterocycles. The average Bonchev–Trinajstić information content (AvgIpc) is 3.77. The van der Waals surface area contributed by atoms with E-state index in [1.807, 2.05) is 36.4 Å². The van der Waals surface area contributed by atoms with Crippen LogP contribution in [-0.4, -0.2) is 167 Å². The van der Waals surface area contributed by atoms with E-state index in [9.17, 15) is 24.3 Å².